The summed E-state index contributed by atoms with van der Waals surface area (Å²) in [6.07, 6.45) is 2.53. The quantitative estimate of drug-likeness (QED) is 0.272. The first-order chi connectivity index (χ1) is 18.0. The molecule has 184 valence electrons. The van der Waals surface area contributed by atoms with E-state index in [1.54, 1.807) is 12.3 Å². The molecule has 1 aliphatic rings. The highest BCUT2D eigenvalue weighted by atomic mass is 16.6. The van der Waals surface area contributed by atoms with E-state index in [1.165, 1.54) is 0 Å². The highest BCUT2D eigenvalue weighted by Crippen LogP contribution is 2.53. The van der Waals surface area contributed by atoms with Crippen LogP contribution in [-0.4, -0.2) is 29.6 Å². The summed E-state index contributed by atoms with van der Waals surface area (Å²) in [6, 6.07) is 28.7. The van der Waals surface area contributed by atoms with Crippen molar-refractivity contribution in [3.8, 4) is 11.3 Å². The molecule has 6 rings (SSSR count). The molecule has 0 fully saturated rings. The Morgan fingerprint density at radius 3 is 2.46 bits per heavy atom. The number of para-hydroxylation sites is 1. The number of hydrogen-bond acceptors (Lipinski definition) is 4. The lowest BCUT2D eigenvalue weighted by molar-refractivity contribution is 0.0247. The standard InChI is InChI=1S/C32H29N3O2/c1-5-21-20-23(34(2)3)17-18-26(21)32(30-25(31(36)37-32)15-11-19-33-30)28-24-14-9-10-16-27(24)35(4)29(28)22-12-7-6-8-13-22/h6-20H,5H2,1-4H3. The maximum atomic E-state index is 13.5. The Bertz CT molecular complexity index is 1650. The SMILES string of the molecule is CCc1cc(N(C)C)ccc1C1(c2c(-c3ccccc3)n(C)c3ccccc23)OC(=O)c2cccnc21. The Hall–Kier alpha value is -4.38. The smallest absolute Gasteiger partial charge is 0.341 e. The van der Waals surface area contributed by atoms with Crippen molar-refractivity contribution < 1.29 is 9.53 Å². The molecule has 2 aromatic heterocycles. The van der Waals surface area contributed by atoms with Crippen LogP contribution in [0.4, 0.5) is 5.69 Å². The fraction of sp³-hybridized carbons (Fsp3) is 0.188. The van der Waals surface area contributed by atoms with Gasteiger partial charge in [-0.3, -0.25) is 4.98 Å². The van der Waals surface area contributed by atoms with Gasteiger partial charge < -0.3 is 14.2 Å². The minimum Gasteiger partial charge on any atom is -0.439 e. The Labute approximate surface area is 217 Å². The molecule has 3 aromatic carbocycles. The topological polar surface area (TPSA) is 47.4 Å². The van der Waals surface area contributed by atoms with E-state index in [0.29, 0.717) is 11.3 Å². The lowest BCUT2D eigenvalue weighted by atomic mass is 9.77. The lowest BCUT2D eigenvalue weighted by Gasteiger charge is -2.32. The summed E-state index contributed by atoms with van der Waals surface area (Å²) >= 11 is 0. The number of benzene rings is 3. The van der Waals surface area contributed by atoms with Gasteiger partial charge in [0.25, 0.3) is 0 Å². The molecule has 5 aromatic rings. The molecule has 5 nitrogen and oxygen atoms in total. The minimum absolute atomic E-state index is 0.353. The van der Waals surface area contributed by atoms with Crippen LogP contribution in [0.2, 0.25) is 0 Å². The van der Waals surface area contributed by atoms with Gasteiger partial charge in [-0.05, 0) is 47.9 Å². The van der Waals surface area contributed by atoms with Gasteiger partial charge in [0.15, 0.2) is 0 Å². The van der Waals surface area contributed by atoms with Crippen molar-refractivity contribution in [1.82, 2.24) is 9.55 Å². The van der Waals surface area contributed by atoms with E-state index in [-0.39, 0.29) is 5.97 Å². The number of hydrogen-bond donors (Lipinski definition) is 0. The Morgan fingerprint density at radius 2 is 1.70 bits per heavy atom. The van der Waals surface area contributed by atoms with Crippen molar-refractivity contribution in [2.24, 2.45) is 7.05 Å². The summed E-state index contributed by atoms with van der Waals surface area (Å²) in [4.78, 5) is 20.4. The van der Waals surface area contributed by atoms with Gasteiger partial charge >= 0.3 is 5.97 Å². The number of carbonyl (C=O) groups excluding carboxylic acids is 1. The van der Waals surface area contributed by atoms with E-state index < -0.39 is 5.60 Å². The van der Waals surface area contributed by atoms with Crippen molar-refractivity contribution in [2.75, 3.05) is 19.0 Å². The van der Waals surface area contributed by atoms with Gasteiger partial charge in [0.1, 0.15) is 5.69 Å². The molecule has 0 aliphatic carbocycles. The summed E-state index contributed by atoms with van der Waals surface area (Å²) in [5.74, 6) is -0.353. The number of anilines is 1. The van der Waals surface area contributed by atoms with Crippen LogP contribution in [0.3, 0.4) is 0 Å². The minimum atomic E-state index is -1.20. The van der Waals surface area contributed by atoms with Crippen molar-refractivity contribution in [3.63, 3.8) is 0 Å². The highest BCUT2D eigenvalue weighted by Gasteiger charge is 2.53. The molecule has 0 bridgehead atoms. The zero-order valence-electron chi connectivity index (χ0n) is 21.5. The van der Waals surface area contributed by atoms with Gasteiger partial charge in [-0.15, -0.1) is 0 Å². The van der Waals surface area contributed by atoms with Crippen LogP contribution in [0.5, 0.6) is 0 Å². The molecule has 0 spiro atoms. The molecule has 1 atom stereocenters. The Balaban J connectivity index is 1.81. The number of esters is 1. The summed E-state index contributed by atoms with van der Waals surface area (Å²) in [7, 11) is 6.15. The molecule has 37 heavy (non-hydrogen) atoms. The largest absolute Gasteiger partial charge is 0.439 e. The second kappa shape index (κ2) is 8.63. The number of fused-ring (bicyclic) bond motifs is 2. The molecule has 0 radical (unpaired) electrons. The summed E-state index contributed by atoms with van der Waals surface area (Å²) < 4.78 is 8.79. The average Bonchev–Trinajstić information content (AvgIpc) is 3.40. The predicted octanol–water partition coefficient (Wildman–Crippen LogP) is 6.33. The number of nitrogens with zero attached hydrogens (tertiary/aromatic N) is 3. The third-order valence-electron chi connectivity index (χ3n) is 7.48. The van der Waals surface area contributed by atoms with E-state index in [9.17, 15) is 4.79 Å². The second-order valence-electron chi connectivity index (χ2n) is 9.73. The van der Waals surface area contributed by atoms with Gasteiger partial charge in [-0.25, -0.2) is 4.79 Å². The van der Waals surface area contributed by atoms with E-state index in [0.717, 1.165) is 51.0 Å². The number of aromatic nitrogens is 2. The maximum Gasteiger partial charge on any atom is 0.341 e. The first-order valence-electron chi connectivity index (χ1n) is 12.6. The fourth-order valence-corrected chi connectivity index (χ4v) is 5.76. The zero-order valence-corrected chi connectivity index (χ0v) is 21.5. The van der Waals surface area contributed by atoms with Crippen LogP contribution < -0.4 is 4.90 Å². The monoisotopic (exact) mass is 487 g/mol. The fourth-order valence-electron chi connectivity index (χ4n) is 5.76. The maximum absolute atomic E-state index is 13.5. The third-order valence-corrected chi connectivity index (χ3v) is 7.48. The second-order valence-corrected chi connectivity index (χ2v) is 9.73. The van der Waals surface area contributed by atoms with Gasteiger partial charge in [-0.1, -0.05) is 61.5 Å². The average molecular weight is 488 g/mol. The van der Waals surface area contributed by atoms with E-state index >= 15 is 0 Å². The molecule has 1 aliphatic heterocycles. The number of cyclic esters (lactones) is 1. The number of carbonyl (C=O) groups is 1. The number of aryl methyl sites for hydroxylation is 2. The Kier molecular flexibility index (Phi) is 5.37. The first kappa shape index (κ1) is 23.0. The van der Waals surface area contributed by atoms with Gasteiger partial charge in [0.2, 0.25) is 5.60 Å². The van der Waals surface area contributed by atoms with Crippen molar-refractivity contribution in [3.05, 3.63) is 119 Å². The summed E-state index contributed by atoms with van der Waals surface area (Å²) in [5.41, 5.74) is 7.18. The van der Waals surface area contributed by atoms with E-state index in [4.69, 9.17) is 9.72 Å². The van der Waals surface area contributed by atoms with Crippen LogP contribution >= 0.6 is 0 Å². The predicted molar refractivity (Wildman–Crippen MR) is 148 cm³/mol. The Morgan fingerprint density at radius 1 is 0.946 bits per heavy atom. The third kappa shape index (κ3) is 3.30. The molecule has 3 heterocycles. The number of pyridine rings is 1. The molecular formula is C32H29N3O2. The van der Waals surface area contributed by atoms with E-state index in [2.05, 4.69) is 65.9 Å². The highest BCUT2D eigenvalue weighted by molar-refractivity contribution is 6.00. The van der Waals surface area contributed by atoms with E-state index in [1.807, 2.05) is 50.5 Å². The molecule has 0 saturated carbocycles. The molecule has 0 N–H and O–H groups in total. The zero-order chi connectivity index (χ0) is 25.7. The van der Waals surface area contributed by atoms with Gasteiger partial charge in [0.05, 0.1) is 11.3 Å². The van der Waals surface area contributed by atoms with Gasteiger partial charge in [-0.2, -0.15) is 0 Å². The number of ether oxygens (including phenoxy) is 1. The van der Waals surface area contributed by atoms with Crippen molar-refractivity contribution >= 4 is 22.6 Å². The molecule has 1 unspecified atom stereocenters. The summed E-state index contributed by atoms with van der Waals surface area (Å²) in [5, 5.41) is 1.04. The van der Waals surface area contributed by atoms with Crippen molar-refractivity contribution in [1.29, 1.82) is 0 Å². The van der Waals surface area contributed by atoms with Crippen molar-refractivity contribution in [2.45, 2.75) is 18.9 Å². The van der Waals surface area contributed by atoms with Crippen LogP contribution in [-0.2, 0) is 23.8 Å². The molecule has 0 saturated heterocycles. The molecular weight excluding hydrogens is 458 g/mol. The normalized spacial score (nSPS) is 16.6. The van der Waals surface area contributed by atoms with Crippen LogP contribution in [0, 0.1) is 0 Å². The molecule has 0 amide bonds. The first-order valence-corrected chi connectivity index (χ1v) is 12.6. The number of rotatable bonds is 5. The molecule has 5 heteroatoms. The van der Waals surface area contributed by atoms with Crippen LogP contribution in [0.25, 0.3) is 22.2 Å². The lowest BCUT2D eigenvalue weighted by Crippen LogP contribution is -2.32. The van der Waals surface area contributed by atoms with Crippen LogP contribution in [0.1, 0.15) is 39.7 Å². The van der Waals surface area contributed by atoms with Gasteiger partial charge in [0, 0.05) is 55.1 Å². The van der Waals surface area contributed by atoms with Crippen LogP contribution in [0.15, 0.2) is 91.1 Å². The summed E-state index contributed by atoms with van der Waals surface area (Å²) in [6.45, 7) is 2.14.